The molecule has 0 atom stereocenters. The molecule has 0 heterocycles. The summed E-state index contributed by atoms with van der Waals surface area (Å²) in [5, 5.41) is 0. The van der Waals surface area contributed by atoms with Gasteiger partial charge in [-0.3, -0.25) is 4.79 Å². The summed E-state index contributed by atoms with van der Waals surface area (Å²) in [4.78, 5) is 20.4. The molecule has 0 fully saturated rings. The third-order valence-electron chi connectivity index (χ3n) is 0.920. The van der Waals surface area contributed by atoms with Gasteiger partial charge in [0.15, 0.2) is 0 Å². The van der Waals surface area contributed by atoms with Gasteiger partial charge in [0.1, 0.15) is 0 Å². The summed E-state index contributed by atoms with van der Waals surface area (Å²) in [5.74, 6) is -0.409. The maximum atomic E-state index is 10.9. The van der Waals surface area contributed by atoms with Gasteiger partial charge in [-0.2, -0.15) is 0 Å². The molecule has 11 heavy (non-hydrogen) atoms. The Hall–Kier alpha value is -1.06. The number of esters is 1. The van der Waals surface area contributed by atoms with Crippen molar-refractivity contribution >= 4 is 12.4 Å². The van der Waals surface area contributed by atoms with Gasteiger partial charge in [-0.15, -0.1) is 0 Å². The standard InChI is InChI=1S/C7H11O4/c1-7(2,3)6(9)11-5-10-4-8/h5H2,1-3H3. The fourth-order valence-electron chi connectivity index (χ4n) is 0.324. The molecule has 0 aliphatic carbocycles. The first kappa shape index (κ1) is 9.94. The highest BCUT2D eigenvalue weighted by Gasteiger charge is 2.22. The average Bonchev–Trinajstić information content (AvgIpc) is 1.86. The van der Waals surface area contributed by atoms with Crippen molar-refractivity contribution in [3.05, 3.63) is 0 Å². The van der Waals surface area contributed by atoms with Crippen molar-refractivity contribution in [2.45, 2.75) is 20.8 Å². The lowest BCUT2D eigenvalue weighted by Gasteiger charge is -2.15. The second-order valence-corrected chi connectivity index (χ2v) is 3.03. The first-order chi connectivity index (χ1) is 4.98. The van der Waals surface area contributed by atoms with Crippen LogP contribution in [0.4, 0.5) is 0 Å². The SMILES string of the molecule is CC(C)(C)C(=O)OCO[C]=O. The number of carbonyl (C=O) groups is 1. The molecule has 0 aromatic carbocycles. The zero-order valence-corrected chi connectivity index (χ0v) is 6.84. The lowest BCUT2D eigenvalue weighted by Crippen LogP contribution is -2.23. The van der Waals surface area contributed by atoms with E-state index in [1.54, 1.807) is 20.8 Å². The van der Waals surface area contributed by atoms with Gasteiger partial charge in [-0.1, -0.05) is 0 Å². The molecule has 63 valence electrons. The van der Waals surface area contributed by atoms with Crippen LogP contribution >= 0.6 is 0 Å². The smallest absolute Gasteiger partial charge is 0.420 e. The van der Waals surface area contributed by atoms with Crippen LogP contribution in [0.5, 0.6) is 0 Å². The summed E-state index contributed by atoms with van der Waals surface area (Å²) in [6, 6.07) is 0. The molecule has 4 heteroatoms. The van der Waals surface area contributed by atoms with Gasteiger partial charge < -0.3 is 9.47 Å². The monoisotopic (exact) mass is 159 g/mol. The summed E-state index contributed by atoms with van der Waals surface area (Å²) in [6.45, 7) is 5.91. The molecule has 0 N–H and O–H groups in total. The Balaban J connectivity index is 3.62. The molecule has 0 aliphatic rings. The minimum absolute atomic E-state index is 0.362. The van der Waals surface area contributed by atoms with E-state index in [9.17, 15) is 9.59 Å². The number of hydrogen-bond acceptors (Lipinski definition) is 4. The van der Waals surface area contributed by atoms with Crippen LogP contribution < -0.4 is 0 Å². The minimum Gasteiger partial charge on any atom is -0.427 e. The van der Waals surface area contributed by atoms with E-state index in [2.05, 4.69) is 9.47 Å². The van der Waals surface area contributed by atoms with E-state index in [-0.39, 0.29) is 6.79 Å². The van der Waals surface area contributed by atoms with E-state index in [0.29, 0.717) is 0 Å². The van der Waals surface area contributed by atoms with E-state index in [1.807, 2.05) is 0 Å². The molecule has 0 saturated carbocycles. The maximum absolute atomic E-state index is 10.9. The van der Waals surface area contributed by atoms with Crippen molar-refractivity contribution in [1.29, 1.82) is 0 Å². The van der Waals surface area contributed by atoms with Gasteiger partial charge in [-0.25, -0.2) is 4.79 Å². The van der Waals surface area contributed by atoms with Crippen molar-refractivity contribution in [1.82, 2.24) is 0 Å². The molecule has 0 rings (SSSR count). The highest BCUT2D eigenvalue weighted by Crippen LogP contribution is 2.14. The van der Waals surface area contributed by atoms with Crippen LogP contribution in [0.3, 0.4) is 0 Å². The molecule has 0 bridgehead atoms. The summed E-state index contributed by atoms with van der Waals surface area (Å²) >= 11 is 0. The highest BCUT2D eigenvalue weighted by molar-refractivity contribution is 5.75. The Morgan fingerprint density at radius 1 is 1.45 bits per heavy atom. The molecule has 0 saturated heterocycles. The molecule has 1 radical (unpaired) electrons. The Labute approximate surface area is 65.5 Å². The van der Waals surface area contributed by atoms with E-state index < -0.39 is 11.4 Å². The van der Waals surface area contributed by atoms with Crippen molar-refractivity contribution in [3.63, 3.8) is 0 Å². The van der Waals surface area contributed by atoms with Gasteiger partial charge in [0, 0.05) is 0 Å². The first-order valence-electron chi connectivity index (χ1n) is 3.14. The Morgan fingerprint density at radius 2 is 2.00 bits per heavy atom. The van der Waals surface area contributed by atoms with Crippen LogP contribution in [0, 0.1) is 5.41 Å². The molecule has 0 aromatic rings. The van der Waals surface area contributed by atoms with Gasteiger partial charge in [-0.05, 0) is 20.8 Å². The van der Waals surface area contributed by atoms with Crippen molar-refractivity contribution in [2.75, 3.05) is 6.79 Å². The van der Waals surface area contributed by atoms with Gasteiger partial charge in [0.25, 0.3) is 0 Å². The third-order valence-corrected chi connectivity index (χ3v) is 0.920. The largest absolute Gasteiger partial charge is 0.427 e. The number of rotatable bonds is 3. The predicted molar refractivity (Wildman–Crippen MR) is 37.2 cm³/mol. The summed E-state index contributed by atoms with van der Waals surface area (Å²) in [6.07, 6.45) is 0. The third kappa shape index (κ3) is 4.36. The molecule has 4 nitrogen and oxygen atoms in total. The summed E-state index contributed by atoms with van der Waals surface area (Å²) in [5.41, 5.74) is -0.563. The van der Waals surface area contributed by atoms with Crippen LogP contribution in [0.25, 0.3) is 0 Å². The fourth-order valence-corrected chi connectivity index (χ4v) is 0.324. The van der Waals surface area contributed by atoms with E-state index in [1.165, 1.54) is 0 Å². The predicted octanol–water partition coefficient (Wildman–Crippen LogP) is 0.617. The lowest BCUT2D eigenvalue weighted by molar-refractivity contribution is -0.160. The quantitative estimate of drug-likeness (QED) is 0.344. The second kappa shape index (κ2) is 3.95. The van der Waals surface area contributed by atoms with Crippen LogP contribution in [-0.2, 0) is 19.1 Å². The summed E-state index contributed by atoms with van der Waals surface area (Å²) < 4.78 is 8.57. The zero-order chi connectivity index (χ0) is 8.91. The van der Waals surface area contributed by atoms with E-state index in [0.717, 1.165) is 6.47 Å². The van der Waals surface area contributed by atoms with E-state index in [4.69, 9.17) is 0 Å². The van der Waals surface area contributed by atoms with Crippen molar-refractivity contribution in [2.24, 2.45) is 5.41 Å². The summed E-state index contributed by atoms with van der Waals surface area (Å²) in [7, 11) is 0. The number of hydrogen-bond donors (Lipinski definition) is 0. The van der Waals surface area contributed by atoms with Crippen molar-refractivity contribution < 1.29 is 19.1 Å². The zero-order valence-electron chi connectivity index (χ0n) is 6.84. The second-order valence-electron chi connectivity index (χ2n) is 3.03. The lowest BCUT2D eigenvalue weighted by atomic mass is 9.98. The van der Waals surface area contributed by atoms with Crippen LogP contribution in [-0.4, -0.2) is 19.2 Å². The van der Waals surface area contributed by atoms with E-state index >= 15 is 0 Å². The Kier molecular flexibility index (Phi) is 3.57. The molecular formula is C7H11O4. The normalized spacial score (nSPS) is 10.5. The number of ether oxygens (including phenoxy) is 2. The van der Waals surface area contributed by atoms with Crippen molar-refractivity contribution in [3.8, 4) is 0 Å². The molecular weight excluding hydrogens is 148 g/mol. The maximum Gasteiger partial charge on any atom is 0.420 e. The Bertz CT molecular complexity index is 145. The molecule has 0 spiro atoms. The Morgan fingerprint density at radius 3 is 2.36 bits per heavy atom. The van der Waals surface area contributed by atoms with Gasteiger partial charge >= 0.3 is 12.4 Å². The molecule has 0 amide bonds. The molecule has 0 aromatic heterocycles. The van der Waals surface area contributed by atoms with Gasteiger partial charge in [0.05, 0.1) is 5.41 Å². The fraction of sp³-hybridized carbons (Fsp3) is 0.714. The first-order valence-corrected chi connectivity index (χ1v) is 3.14. The molecule has 0 unspecified atom stereocenters. The van der Waals surface area contributed by atoms with Gasteiger partial charge in [0.2, 0.25) is 6.79 Å². The van der Waals surface area contributed by atoms with Crippen LogP contribution in [0.1, 0.15) is 20.8 Å². The topological polar surface area (TPSA) is 52.6 Å². The average molecular weight is 159 g/mol. The molecule has 0 aliphatic heterocycles. The highest BCUT2D eigenvalue weighted by atomic mass is 16.7. The number of carbonyl (C=O) groups excluding carboxylic acids is 2. The van der Waals surface area contributed by atoms with Crippen LogP contribution in [0.2, 0.25) is 0 Å². The van der Waals surface area contributed by atoms with Crippen LogP contribution in [0.15, 0.2) is 0 Å². The minimum atomic E-state index is -0.563.